The van der Waals surface area contributed by atoms with Crippen LogP contribution in [0.4, 0.5) is 0 Å². The summed E-state index contributed by atoms with van der Waals surface area (Å²) in [4.78, 5) is 6.28. The van der Waals surface area contributed by atoms with Crippen LogP contribution in [0.15, 0.2) is 22.7 Å². The highest BCUT2D eigenvalue weighted by Crippen LogP contribution is 2.20. The van der Waals surface area contributed by atoms with Gasteiger partial charge in [-0.05, 0) is 11.4 Å². The molecule has 0 aliphatic carbocycles. The largest absolute Gasteiger partial charge is 0.391 e. The van der Waals surface area contributed by atoms with Gasteiger partial charge in [0.05, 0.1) is 10.8 Å². The molecule has 0 spiro atoms. The highest BCUT2D eigenvalue weighted by molar-refractivity contribution is 7.12. The SMILES string of the molecule is ClC[C@H]1CC(c2cccs2)=NO1. The number of thiophene rings is 1. The van der Waals surface area contributed by atoms with Crippen LogP contribution in [0.1, 0.15) is 11.3 Å². The Morgan fingerprint density at radius 3 is 3.25 bits per heavy atom. The number of halogens is 1. The summed E-state index contributed by atoms with van der Waals surface area (Å²) in [5.74, 6) is 0.512. The van der Waals surface area contributed by atoms with Gasteiger partial charge < -0.3 is 4.84 Å². The molecule has 0 bridgehead atoms. The molecular formula is C8H8ClNOS. The smallest absolute Gasteiger partial charge is 0.146 e. The quantitative estimate of drug-likeness (QED) is 0.674. The molecule has 0 aromatic carbocycles. The summed E-state index contributed by atoms with van der Waals surface area (Å²) in [6.07, 6.45) is 0.910. The van der Waals surface area contributed by atoms with Gasteiger partial charge in [-0.2, -0.15) is 0 Å². The van der Waals surface area contributed by atoms with Crippen molar-refractivity contribution in [1.29, 1.82) is 0 Å². The normalized spacial score (nSPS) is 22.1. The third kappa shape index (κ3) is 1.47. The summed E-state index contributed by atoms with van der Waals surface area (Å²) < 4.78 is 0. The van der Waals surface area contributed by atoms with E-state index in [1.54, 1.807) is 11.3 Å². The van der Waals surface area contributed by atoms with Crippen molar-refractivity contribution in [3.05, 3.63) is 22.4 Å². The Hall–Kier alpha value is -0.540. The second-order valence-electron chi connectivity index (χ2n) is 2.60. The van der Waals surface area contributed by atoms with E-state index in [1.165, 1.54) is 4.88 Å². The minimum Gasteiger partial charge on any atom is -0.391 e. The first-order valence-electron chi connectivity index (χ1n) is 3.72. The first-order valence-corrected chi connectivity index (χ1v) is 5.14. The summed E-state index contributed by atoms with van der Waals surface area (Å²) in [6, 6.07) is 4.06. The summed E-state index contributed by atoms with van der Waals surface area (Å²) in [7, 11) is 0. The van der Waals surface area contributed by atoms with Gasteiger partial charge in [-0.15, -0.1) is 22.9 Å². The van der Waals surface area contributed by atoms with E-state index >= 15 is 0 Å². The number of nitrogens with zero attached hydrogens (tertiary/aromatic N) is 1. The van der Waals surface area contributed by atoms with Gasteiger partial charge in [0.2, 0.25) is 0 Å². The molecule has 0 amide bonds. The van der Waals surface area contributed by atoms with Crippen LogP contribution in [0.5, 0.6) is 0 Å². The lowest BCUT2D eigenvalue weighted by Crippen LogP contribution is -2.08. The number of hydrogen-bond donors (Lipinski definition) is 0. The first kappa shape index (κ1) is 8.08. The summed E-state index contributed by atoms with van der Waals surface area (Å²) in [5.41, 5.74) is 1.02. The van der Waals surface area contributed by atoms with Crippen LogP contribution in [0.2, 0.25) is 0 Å². The van der Waals surface area contributed by atoms with Crippen LogP contribution >= 0.6 is 22.9 Å². The lowest BCUT2D eigenvalue weighted by Gasteiger charge is -1.99. The van der Waals surface area contributed by atoms with Crippen LogP contribution in [0, 0.1) is 0 Å². The molecule has 0 unspecified atom stereocenters. The van der Waals surface area contributed by atoms with Crippen molar-refractivity contribution in [2.75, 3.05) is 5.88 Å². The van der Waals surface area contributed by atoms with E-state index in [0.29, 0.717) is 5.88 Å². The van der Waals surface area contributed by atoms with Gasteiger partial charge in [0.25, 0.3) is 0 Å². The predicted molar refractivity (Wildman–Crippen MR) is 51.1 cm³/mol. The van der Waals surface area contributed by atoms with E-state index < -0.39 is 0 Å². The predicted octanol–water partition coefficient (Wildman–Crippen LogP) is 2.48. The van der Waals surface area contributed by atoms with Crippen molar-refractivity contribution < 1.29 is 4.84 Å². The second kappa shape index (κ2) is 3.46. The Balaban J connectivity index is 2.09. The van der Waals surface area contributed by atoms with Crippen molar-refractivity contribution in [2.45, 2.75) is 12.5 Å². The maximum absolute atomic E-state index is 5.64. The molecule has 0 saturated carbocycles. The molecule has 0 N–H and O–H groups in total. The number of alkyl halides is 1. The molecule has 1 aliphatic heterocycles. The Kier molecular flexibility index (Phi) is 2.33. The average molecular weight is 202 g/mol. The summed E-state index contributed by atoms with van der Waals surface area (Å²) in [5, 5.41) is 6.01. The molecule has 2 rings (SSSR count). The zero-order valence-electron chi connectivity index (χ0n) is 6.37. The van der Waals surface area contributed by atoms with Crippen LogP contribution in [0.3, 0.4) is 0 Å². The molecule has 2 heterocycles. The topological polar surface area (TPSA) is 21.6 Å². The molecular weight excluding hydrogens is 194 g/mol. The fraction of sp³-hybridized carbons (Fsp3) is 0.375. The Morgan fingerprint density at radius 1 is 1.75 bits per heavy atom. The fourth-order valence-electron chi connectivity index (χ4n) is 1.10. The Labute approximate surface area is 79.8 Å². The summed E-state index contributed by atoms with van der Waals surface area (Å²) >= 11 is 7.32. The van der Waals surface area contributed by atoms with Crippen LogP contribution < -0.4 is 0 Å². The molecule has 64 valence electrons. The van der Waals surface area contributed by atoms with Gasteiger partial charge in [0, 0.05) is 6.42 Å². The maximum atomic E-state index is 5.64. The molecule has 2 nitrogen and oxygen atoms in total. The van der Waals surface area contributed by atoms with Gasteiger partial charge in [-0.25, -0.2) is 0 Å². The monoisotopic (exact) mass is 201 g/mol. The van der Waals surface area contributed by atoms with E-state index in [9.17, 15) is 0 Å². The van der Waals surface area contributed by atoms with Crippen molar-refractivity contribution in [3.63, 3.8) is 0 Å². The van der Waals surface area contributed by atoms with Crippen molar-refractivity contribution >= 4 is 28.6 Å². The zero-order valence-corrected chi connectivity index (χ0v) is 7.94. The van der Waals surface area contributed by atoms with Gasteiger partial charge in [0.1, 0.15) is 11.8 Å². The molecule has 1 aromatic rings. The third-order valence-corrected chi connectivity index (χ3v) is 2.97. The van der Waals surface area contributed by atoms with E-state index in [2.05, 4.69) is 5.16 Å². The standard InChI is InChI=1S/C8H8ClNOS/c9-5-6-4-7(10-11-6)8-2-1-3-12-8/h1-3,6H,4-5H2/t6-/m1/s1. The maximum Gasteiger partial charge on any atom is 0.146 e. The molecule has 0 fully saturated rings. The van der Waals surface area contributed by atoms with E-state index in [4.69, 9.17) is 16.4 Å². The van der Waals surface area contributed by atoms with Gasteiger partial charge in [-0.1, -0.05) is 11.2 Å². The number of rotatable bonds is 2. The minimum atomic E-state index is 0.0729. The van der Waals surface area contributed by atoms with Crippen LogP contribution in [-0.4, -0.2) is 17.7 Å². The highest BCUT2D eigenvalue weighted by Gasteiger charge is 2.21. The van der Waals surface area contributed by atoms with Crippen LogP contribution in [0.25, 0.3) is 0 Å². The number of hydrogen-bond acceptors (Lipinski definition) is 3. The second-order valence-corrected chi connectivity index (χ2v) is 3.86. The lowest BCUT2D eigenvalue weighted by atomic mass is 10.2. The molecule has 1 atom stereocenters. The van der Waals surface area contributed by atoms with Gasteiger partial charge >= 0.3 is 0 Å². The first-order chi connectivity index (χ1) is 5.90. The minimum absolute atomic E-state index is 0.0729. The van der Waals surface area contributed by atoms with E-state index in [-0.39, 0.29) is 6.10 Å². The molecule has 1 aliphatic rings. The zero-order chi connectivity index (χ0) is 8.39. The van der Waals surface area contributed by atoms with Crippen LogP contribution in [-0.2, 0) is 4.84 Å². The molecule has 4 heteroatoms. The van der Waals surface area contributed by atoms with E-state index in [1.807, 2.05) is 17.5 Å². The third-order valence-electron chi connectivity index (χ3n) is 1.71. The Morgan fingerprint density at radius 2 is 2.67 bits per heavy atom. The van der Waals surface area contributed by atoms with Gasteiger partial charge in [0.15, 0.2) is 0 Å². The van der Waals surface area contributed by atoms with E-state index in [0.717, 1.165) is 12.1 Å². The van der Waals surface area contributed by atoms with Gasteiger partial charge in [-0.3, -0.25) is 0 Å². The summed E-state index contributed by atoms with van der Waals surface area (Å²) in [6.45, 7) is 0. The molecule has 0 radical (unpaired) electrons. The highest BCUT2D eigenvalue weighted by atomic mass is 35.5. The Bertz CT molecular complexity index is 283. The van der Waals surface area contributed by atoms with Crippen molar-refractivity contribution in [3.8, 4) is 0 Å². The van der Waals surface area contributed by atoms with Crippen molar-refractivity contribution in [1.82, 2.24) is 0 Å². The molecule has 1 aromatic heterocycles. The molecule has 12 heavy (non-hydrogen) atoms. The molecule has 0 saturated heterocycles. The average Bonchev–Trinajstić information content (AvgIpc) is 2.75. The lowest BCUT2D eigenvalue weighted by molar-refractivity contribution is 0.102. The number of oxime groups is 1. The fourth-order valence-corrected chi connectivity index (χ4v) is 1.98. The van der Waals surface area contributed by atoms with Crippen molar-refractivity contribution in [2.24, 2.45) is 5.16 Å².